The number of hydrogen-bond acceptors (Lipinski definition) is 8. The number of imidazole rings is 1. The van der Waals surface area contributed by atoms with E-state index in [4.69, 9.17) is 9.15 Å². The summed E-state index contributed by atoms with van der Waals surface area (Å²) in [5.41, 5.74) is 7.29. The van der Waals surface area contributed by atoms with Crippen LogP contribution in [0, 0.1) is 25.2 Å². The standard InChI is InChI=1S/C36H34N6O5/c1-20-24(9-7-11-26(20)34-40-28-16-22(19-43)15-23(17-37)31(28)46-34)25-10-8-12-27(21(25)2)39-33(44)32-38-29-18-42(14-13-30(29)41(32)6)35(45)47-36(3,4)5/h7-12,15-16,19H,13-14,18H2,1-6H3,(H,39,44). The van der Waals surface area contributed by atoms with Crippen LogP contribution in [-0.2, 0) is 24.8 Å². The molecule has 0 atom stereocenters. The van der Waals surface area contributed by atoms with Crippen LogP contribution in [-0.4, -0.2) is 49.9 Å². The van der Waals surface area contributed by atoms with E-state index < -0.39 is 11.7 Å². The van der Waals surface area contributed by atoms with E-state index >= 15 is 0 Å². The molecule has 0 spiro atoms. The molecule has 0 saturated heterocycles. The van der Waals surface area contributed by atoms with Gasteiger partial charge in [0.15, 0.2) is 11.4 Å². The molecule has 3 aromatic carbocycles. The van der Waals surface area contributed by atoms with Gasteiger partial charge in [0.2, 0.25) is 5.89 Å². The lowest BCUT2D eigenvalue weighted by Crippen LogP contribution is -2.40. The van der Waals surface area contributed by atoms with Gasteiger partial charge in [-0.05, 0) is 81.1 Å². The second-order valence-corrected chi connectivity index (χ2v) is 12.6. The summed E-state index contributed by atoms with van der Waals surface area (Å²) in [6, 6.07) is 16.7. The summed E-state index contributed by atoms with van der Waals surface area (Å²) >= 11 is 0. The number of oxazole rings is 1. The fourth-order valence-electron chi connectivity index (χ4n) is 5.93. The van der Waals surface area contributed by atoms with Crippen LogP contribution in [0.5, 0.6) is 0 Å². The number of carbonyl (C=O) groups is 3. The summed E-state index contributed by atoms with van der Waals surface area (Å²) in [6.45, 7) is 10.1. The van der Waals surface area contributed by atoms with Gasteiger partial charge >= 0.3 is 6.09 Å². The van der Waals surface area contributed by atoms with E-state index in [9.17, 15) is 19.6 Å². The second kappa shape index (κ2) is 11.9. The lowest BCUT2D eigenvalue weighted by molar-refractivity contribution is 0.0220. The molecule has 0 bridgehead atoms. The Labute approximate surface area is 271 Å². The lowest BCUT2D eigenvalue weighted by Gasteiger charge is -2.29. The maximum absolute atomic E-state index is 13.6. The van der Waals surface area contributed by atoms with Crippen molar-refractivity contribution in [1.82, 2.24) is 19.4 Å². The fraction of sp³-hybridized carbons (Fsp3) is 0.278. The molecule has 238 valence electrons. The minimum atomic E-state index is -0.604. The topological polar surface area (TPSA) is 143 Å². The molecule has 0 aliphatic carbocycles. The van der Waals surface area contributed by atoms with Crippen LogP contribution in [0.2, 0.25) is 0 Å². The summed E-state index contributed by atoms with van der Waals surface area (Å²) in [5.74, 6) is 0.241. The third-order valence-electron chi connectivity index (χ3n) is 8.32. The van der Waals surface area contributed by atoms with Gasteiger partial charge < -0.3 is 23.9 Å². The molecule has 0 radical (unpaired) electrons. The van der Waals surface area contributed by atoms with Gasteiger partial charge in [0.05, 0.1) is 17.8 Å². The van der Waals surface area contributed by atoms with Gasteiger partial charge in [-0.2, -0.15) is 5.26 Å². The van der Waals surface area contributed by atoms with Gasteiger partial charge in [0.25, 0.3) is 5.91 Å². The van der Waals surface area contributed by atoms with Crippen LogP contribution >= 0.6 is 0 Å². The summed E-state index contributed by atoms with van der Waals surface area (Å²) in [5, 5.41) is 12.6. The number of nitriles is 1. The number of amides is 2. The molecule has 2 amide bonds. The van der Waals surface area contributed by atoms with Crippen LogP contribution in [0.3, 0.4) is 0 Å². The SMILES string of the molecule is Cc1c(NC(=O)c2nc3c(n2C)CCN(C(=O)OC(C)(C)C)C3)cccc1-c1cccc(-c2nc3cc(C=O)cc(C#N)c3o2)c1C. The highest BCUT2D eigenvalue weighted by Crippen LogP contribution is 2.37. The number of rotatable bonds is 5. The molecule has 1 aliphatic heterocycles. The largest absolute Gasteiger partial charge is 0.444 e. The number of anilines is 1. The molecule has 1 aliphatic rings. The first-order valence-electron chi connectivity index (χ1n) is 15.2. The smallest absolute Gasteiger partial charge is 0.410 e. The highest BCUT2D eigenvalue weighted by Gasteiger charge is 2.30. The van der Waals surface area contributed by atoms with E-state index in [0.29, 0.717) is 53.2 Å². The fourth-order valence-corrected chi connectivity index (χ4v) is 5.93. The zero-order valence-corrected chi connectivity index (χ0v) is 27.1. The Morgan fingerprint density at radius 1 is 1.04 bits per heavy atom. The van der Waals surface area contributed by atoms with Gasteiger partial charge in [0.1, 0.15) is 23.5 Å². The normalized spacial score (nSPS) is 12.8. The van der Waals surface area contributed by atoms with Gasteiger partial charge in [-0.25, -0.2) is 14.8 Å². The monoisotopic (exact) mass is 630 g/mol. The van der Waals surface area contributed by atoms with Crippen molar-refractivity contribution in [2.45, 2.75) is 53.2 Å². The van der Waals surface area contributed by atoms with Gasteiger partial charge in [-0.3, -0.25) is 9.59 Å². The van der Waals surface area contributed by atoms with Crippen molar-refractivity contribution in [1.29, 1.82) is 5.26 Å². The van der Waals surface area contributed by atoms with Crippen LogP contribution in [0.1, 0.15) is 69.8 Å². The minimum absolute atomic E-state index is 0.241. The van der Waals surface area contributed by atoms with E-state index in [2.05, 4.69) is 21.4 Å². The zero-order valence-electron chi connectivity index (χ0n) is 27.1. The molecular weight excluding hydrogens is 596 g/mol. The number of benzene rings is 3. The third kappa shape index (κ3) is 5.86. The average Bonchev–Trinajstić information content (AvgIpc) is 3.61. The minimum Gasteiger partial charge on any atom is -0.444 e. The molecule has 0 fully saturated rings. The Morgan fingerprint density at radius 3 is 2.45 bits per heavy atom. The third-order valence-corrected chi connectivity index (χ3v) is 8.32. The Balaban J connectivity index is 1.27. The molecule has 6 rings (SSSR count). The Kier molecular flexibility index (Phi) is 7.89. The van der Waals surface area contributed by atoms with Crippen molar-refractivity contribution in [3.8, 4) is 28.7 Å². The van der Waals surface area contributed by atoms with E-state index in [1.165, 1.54) is 6.07 Å². The number of hydrogen-bond donors (Lipinski definition) is 1. The van der Waals surface area contributed by atoms with Crippen molar-refractivity contribution in [2.75, 3.05) is 11.9 Å². The summed E-state index contributed by atoms with van der Waals surface area (Å²) in [7, 11) is 1.81. The van der Waals surface area contributed by atoms with Crippen LogP contribution in [0.15, 0.2) is 52.9 Å². The van der Waals surface area contributed by atoms with Crippen molar-refractivity contribution < 1.29 is 23.5 Å². The highest BCUT2D eigenvalue weighted by atomic mass is 16.6. The Bertz CT molecular complexity index is 2130. The van der Waals surface area contributed by atoms with Crippen molar-refractivity contribution in [3.63, 3.8) is 0 Å². The number of fused-ring (bicyclic) bond motifs is 2. The highest BCUT2D eigenvalue weighted by molar-refractivity contribution is 6.03. The van der Waals surface area contributed by atoms with Crippen LogP contribution in [0.25, 0.3) is 33.7 Å². The first-order chi connectivity index (χ1) is 22.4. The first-order valence-corrected chi connectivity index (χ1v) is 15.2. The molecule has 11 nitrogen and oxygen atoms in total. The van der Waals surface area contributed by atoms with Gasteiger partial charge in [0, 0.05) is 42.5 Å². The number of nitrogens with zero attached hydrogens (tertiary/aromatic N) is 5. The zero-order chi connectivity index (χ0) is 33.6. The summed E-state index contributed by atoms with van der Waals surface area (Å²) in [6.07, 6.45) is 0.838. The van der Waals surface area contributed by atoms with Gasteiger partial charge in [-0.15, -0.1) is 0 Å². The molecular formula is C36H34N6O5. The van der Waals surface area contributed by atoms with Crippen molar-refractivity contribution in [2.24, 2.45) is 7.05 Å². The molecule has 2 aromatic heterocycles. The first kappa shape index (κ1) is 31.2. The predicted molar refractivity (Wildman–Crippen MR) is 176 cm³/mol. The molecule has 11 heteroatoms. The number of carbonyl (C=O) groups excluding carboxylic acids is 3. The van der Waals surface area contributed by atoms with Crippen LogP contribution < -0.4 is 5.32 Å². The molecule has 3 heterocycles. The quantitative estimate of drug-likeness (QED) is 0.210. The predicted octanol–water partition coefficient (Wildman–Crippen LogP) is 6.74. The lowest BCUT2D eigenvalue weighted by atomic mass is 9.93. The van der Waals surface area contributed by atoms with E-state index in [-0.39, 0.29) is 23.8 Å². The van der Waals surface area contributed by atoms with E-state index in [1.54, 1.807) is 15.5 Å². The number of aldehydes is 1. The Morgan fingerprint density at radius 2 is 1.74 bits per heavy atom. The maximum Gasteiger partial charge on any atom is 0.410 e. The molecule has 5 aromatic rings. The summed E-state index contributed by atoms with van der Waals surface area (Å²) < 4.78 is 13.4. The van der Waals surface area contributed by atoms with E-state index in [1.807, 2.05) is 78.1 Å². The number of ether oxygens (including phenoxy) is 1. The molecule has 1 N–H and O–H groups in total. The number of aromatic nitrogens is 3. The maximum atomic E-state index is 13.6. The molecule has 0 unspecified atom stereocenters. The second-order valence-electron chi connectivity index (χ2n) is 12.6. The van der Waals surface area contributed by atoms with Crippen molar-refractivity contribution in [3.05, 3.63) is 88.0 Å². The van der Waals surface area contributed by atoms with E-state index in [0.717, 1.165) is 33.5 Å². The van der Waals surface area contributed by atoms with Gasteiger partial charge in [-0.1, -0.05) is 24.3 Å². The molecule has 0 saturated carbocycles. The van der Waals surface area contributed by atoms with Crippen LogP contribution in [0.4, 0.5) is 10.5 Å². The average molecular weight is 631 g/mol. The Hall–Kier alpha value is -5.76. The number of nitrogens with one attached hydrogen (secondary N) is 1. The van der Waals surface area contributed by atoms with Crippen molar-refractivity contribution >= 4 is 35.1 Å². The molecule has 47 heavy (non-hydrogen) atoms. The summed E-state index contributed by atoms with van der Waals surface area (Å²) in [4.78, 5) is 48.5.